The zero-order chi connectivity index (χ0) is 9.65. The smallest absolute Gasteiger partial charge is 0.759 e. The maximum atomic E-state index is 9.10. The van der Waals surface area contributed by atoms with Crippen molar-refractivity contribution < 1.29 is 37.3 Å². The van der Waals surface area contributed by atoms with E-state index in [1.54, 1.807) is 0 Å². The molecule has 66 valence electrons. The van der Waals surface area contributed by atoms with Gasteiger partial charge in [0.15, 0.2) is 0 Å². The van der Waals surface area contributed by atoms with E-state index in [4.69, 9.17) is 37.3 Å². The largest absolute Gasteiger partial charge is 2.00 e. The van der Waals surface area contributed by atoms with Gasteiger partial charge in [-0.1, -0.05) is 0 Å². The van der Waals surface area contributed by atoms with Gasteiger partial charge in [0.25, 0.3) is 0 Å². The van der Waals surface area contributed by atoms with Gasteiger partial charge in [0.2, 0.25) is 0 Å². The Morgan fingerprint density at radius 3 is 1.08 bits per heavy atom. The molecule has 0 aliphatic rings. The molecule has 0 amide bonds. The Morgan fingerprint density at radius 2 is 1.08 bits per heavy atom. The van der Waals surface area contributed by atoms with E-state index in [0.29, 0.717) is 0 Å². The topological polar surface area (TPSA) is 155 Å². The first-order chi connectivity index (χ1) is 4.64. The van der Waals surface area contributed by atoms with E-state index < -0.39 is 22.3 Å². The molecule has 2 N–H and O–H groups in total. The molecule has 0 radical (unpaired) electrons. The maximum absolute atomic E-state index is 9.10. The first-order valence-corrected chi connectivity index (χ1v) is 3.11. The van der Waals surface area contributed by atoms with Gasteiger partial charge in [0, 0.05) is 10.4 Å². The molecule has 0 rings (SSSR count). The van der Waals surface area contributed by atoms with E-state index in [2.05, 4.69) is 0 Å². The van der Waals surface area contributed by atoms with Crippen LogP contribution in [0.1, 0.15) is 0 Å². The second-order valence-corrected chi connectivity index (χ2v) is 1.84. The molecule has 12 heavy (non-hydrogen) atoms. The standard InChI is InChI=1S/C2H2O4.Ba.H2O4S/c3-1(4)2(5)6;;1-5(2,3)4/h(H,3,4)(H,5,6);;(H2,1,2,3,4)/q;+2;/p-2. The van der Waals surface area contributed by atoms with Crippen LogP contribution >= 0.6 is 0 Å². The van der Waals surface area contributed by atoms with Gasteiger partial charge in [-0.15, -0.1) is 0 Å². The molecular formula is C2H2BaO8S. The van der Waals surface area contributed by atoms with E-state index in [0.717, 1.165) is 0 Å². The molecule has 0 heterocycles. The molecule has 8 nitrogen and oxygen atoms in total. The number of hydrogen-bond acceptors (Lipinski definition) is 6. The number of carbonyl (C=O) groups is 2. The van der Waals surface area contributed by atoms with Gasteiger partial charge in [-0.05, 0) is 0 Å². The summed E-state index contributed by atoms with van der Waals surface area (Å²) in [6.45, 7) is 0. The Labute approximate surface area is 107 Å². The average Bonchev–Trinajstić information content (AvgIpc) is 1.59. The summed E-state index contributed by atoms with van der Waals surface area (Å²) in [5.74, 6) is -3.65. The summed E-state index contributed by atoms with van der Waals surface area (Å²) in [6, 6.07) is 0. The van der Waals surface area contributed by atoms with Crippen molar-refractivity contribution in [2.45, 2.75) is 0 Å². The van der Waals surface area contributed by atoms with Crippen LogP contribution in [0, 0.1) is 0 Å². The maximum Gasteiger partial charge on any atom is 2.00 e. The van der Waals surface area contributed by atoms with Crippen molar-refractivity contribution in [2.24, 2.45) is 0 Å². The van der Waals surface area contributed by atoms with Crippen LogP contribution < -0.4 is 0 Å². The number of hydrogen-bond donors (Lipinski definition) is 2. The Kier molecular flexibility index (Phi) is 12.2. The third kappa shape index (κ3) is 47.6. The average molecular weight is 323 g/mol. The van der Waals surface area contributed by atoms with Crippen LogP contribution in [0.4, 0.5) is 0 Å². The summed E-state index contributed by atoms with van der Waals surface area (Å²) in [5, 5.41) is 14.8. The normalized spacial score (nSPS) is 8.50. The zero-order valence-electron chi connectivity index (χ0n) is 5.46. The molecule has 0 aliphatic carbocycles. The van der Waals surface area contributed by atoms with Gasteiger partial charge in [-0.3, -0.25) is 8.42 Å². The predicted molar refractivity (Wildman–Crippen MR) is 31.5 cm³/mol. The van der Waals surface area contributed by atoms with E-state index in [9.17, 15) is 0 Å². The van der Waals surface area contributed by atoms with Gasteiger partial charge in [-0.2, -0.15) is 0 Å². The van der Waals surface area contributed by atoms with Crippen LogP contribution in [-0.4, -0.2) is 88.6 Å². The molecule has 0 aromatic carbocycles. The summed E-state index contributed by atoms with van der Waals surface area (Å²) < 4.78 is 34.1. The Hall–Kier alpha value is 0.381. The van der Waals surface area contributed by atoms with Gasteiger partial charge >= 0.3 is 60.8 Å². The van der Waals surface area contributed by atoms with Crippen molar-refractivity contribution >= 4 is 71.2 Å². The minimum Gasteiger partial charge on any atom is -0.759 e. The first kappa shape index (κ1) is 18.2. The van der Waals surface area contributed by atoms with Gasteiger partial charge < -0.3 is 19.3 Å². The van der Waals surface area contributed by atoms with Gasteiger partial charge in [0.1, 0.15) is 0 Å². The minimum atomic E-state index is -5.17. The minimum absolute atomic E-state index is 0. The monoisotopic (exact) mass is 324 g/mol. The number of carboxylic acid groups (broad SMARTS) is 2. The summed E-state index contributed by atoms with van der Waals surface area (Å²) in [6.07, 6.45) is 0. The van der Waals surface area contributed by atoms with Crippen molar-refractivity contribution in [3.63, 3.8) is 0 Å². The fraction of sp³-hybridized carbons (Fsp3) is 0. The summed E-state index contributed by atoms with van der Waals surface area (Å²) in [5.41, 5.74) is 0. The van der Waals surface area contributed by atoms with Crippen molar-refractivity contribution in [2.75, 3.05) is 0 Å². The van der Waals surface area contributed by atoms with Crippen molar-refractivity contribution in [3.05, 3.63) is 0 Å². The Bertz CT molecular complexity index is 220. The Morgan fingerprint density at radius 1 is 1.00 bits per heavy atom. The summed E-state index contributed by atoms with van der Waals surface area (Å²) in [7, 11) is -5.17. The summed E-state index contributed by atoms with van der Waals surface area (Å²) in [4.78, 5) is 18.2. The van der Waals surface area contributed by atoms with Crippen molar-refractivity contribution in [1.82, 2.24) is 0 Å². The molecule has 0 saturated carbocycles. The molecule has 0 saturated heterocycles. The molecule has 0 spiro atoms. The Balaban J connectivity index is -0.000000126. The number of aliphatic carboxylic acids is 2. The first-order valence-electron chi connectivity index (χ1n) is 1.77. The molecule has 0 aromatic heterocycles. The van der Waals surface area contributed by atoms with Crippen LogP contribution in [-0.2, 0) is 20.0 Å². The quantitative estimate of drug-likeness (QED) is 0.213. The third-order valence-electron chi connectivity index (χ3n) is 0.183. The van der Waals surface area contributed by atoms with Crippen LogP contribution in [0.15, 0.2) is 0 Å². The van der Waals surface area contributed by atoms with E-state index in [1.165, 1.54) is 0 Å². The second kappa shape index (κ2) is 8.00. The molecule has 0 bridgehead atoms. The second-order valence-electron chi connectivity index (χ2n) is 1.02. The predicted octanol–water partition coefficient (Wildman–Crippen LogP) is -2.56. The van der Waals surface area contributed by atoms with Gasteiger partial charge in [-0.25, -0.2) is 9.59 Å². The van der Waals surface area contributed by atoms with Gasteiger partial charge in [0.05, 0.1) is 0 Å². The SMILES string of the molecule is O=C(O)C(=O)O.O=S(=O)([O-])[O-].[Ba+2]. The molecule has 10 heteroatoms. The molecule has 0 atom stereocenters. The molecule has 0 aliphatic heterocycles. The number of carboxylic acids is 2. The third-order valence-corrected chi connectivity index (χ3v) is 0.183. The van der Waals surface area contributed by atoms with Crippen LogP contribution in [0.2, 0.25) is 0 Å². The van der Waals surface area contributed by atoms with E-state index >= 15 is 0 Å². The molecular weight excluding hydrogens is 321 g/mol. The van der Waals surface area contributed by atoms with Crippen molar-refractivity contribution in [3.8, 4) is 0 Å². The van der Waals surface area contributed by atoms with Crippen LogP contribution in [0.3, 0.4) is 0 Å². The zero-order valence-corrected chi connectivity index (χ0v) is 10.7. The molecule has 0 unspecified atom stereocenters. The van der Waals surface area contributed by atoms with E-state index in [1.807, 2.05) is 0 Å². The molecule has 0 aromatic rings. The molecule has 0 fully saturated rings. The van der Waals surface area contributed by atoms with Crippen LogP contribution in [0.25, 0.3) is 0 Å². The van der Waals surface area contributed by atoms with E-state index in [-0.39, 0.29) is 48.9 Å². The van der Waals surface area contributed by atoms with Crippen LogP contribution in [0.5, 0.6) is 0 Å². The summed E-state index contributed by atoms with van der Waals surface area (Å²) >= 11 is 0. The fourth-order valence-electron chi connectivity index (χ4n) is 0. The fourth-order valence-corrected chi connectivity index (χ4v) is 0. The van der Waals surface area contributed by atoms with Crippen molar-refractivity contribution in [1.29, 1.82) is 0 Å². The number of rotatable bonds is 0.